The van der Waals surface area contributed by atoms with Crippen LogP contribution in [-0.2, 0) is 32.6 Å². The van der Waals surface area contributed by atoms with Crippen molar-refractivity contribution in [3.05, 3.63) is 93.5 Å². The number of aryl methyl sites for hydroxylation is 1. The molecule has 0 heterocycles. The molecule has 0 aliphatic carbocycles. The number of benzene rings is 3. The number of halogens is 2. The Hall–Kier alpha value is -3.27. The third-order valence-electron chi connectivity index (χ3n) is 6.72. The molecule has 0 bridgehead atoms. The van der Waals surface area contributed by atoms with E-state index in [1.54, 1.807) is 36.4 Å². The first-order valence-corrected chi connectivity index (χ1v) is 16.2. The number of ether oxygens (including phenoxy) is 1. The average molecular weight is 635 g/mol. The Morgan fingerprint density at radius 2 is 1.69 bits per heavy atom. The summed E-state index contributed by atoms with van der Waals surface area (Å²) in [6.45, 7) is 3.74. The van der Waals surface area contributed by atoms with Gasteiger partial charge in [-0.2, -0.15) is 0 Å². The number of anilines is 1. The number of methoxy groups -OCH3 is 1. The molecule has 1 atom stereocenters. The van der Waals surface area contributed by atoms with Gasteiger partial charge in [-0.15, -0.1) is 0 Å². The number of nitrogens with one attached hydrogen (secondary N) is 1. The van der Waals surface area contributed by atoms with E-state index in [1.165, 1.54) is 12.0 Å². The minimum absolute atomic E-state index is 0.00300. The van der Waals surface area contributed by atoms with Crippen molar-refractivity contribution in [2.24, 2.45) is 0 Å². The van der Waals surface area contributed by atoms with Crippen molar-refractivity contribution in [1.82, 2.24) is 10.2 Å². The summed E-state index contributed by atoms with van der Waals surface area (Å²) in [7, 11) is -2.50. The summed E-state index contributed by atoms with van der Waals surface area (Å²) in [6.07, 6.45) is 2.92. The quantitative estimate of drug-likeness (QED) is 0.232. The number of rotatable bonds is 14. The minimum Gasteiger partial charge on any atom is -0.495 e. The van der Waals surface area contributed by atoms with Crippen molar-refractivity contribution in [2.75, 3.05) is 30.8 Å². The Morgan fingerprint density at radius 3 is 2.31 bits per heavy atom. The number of amides is 2. The van der Waals surface area contributed by atoms with E-state index in [-0.39, 0.29) is 24.6 Å². The second-order valence-corrected chi connectivity index (χ2v) is 12.8. The molecule has 3 aromatic carbocycles. The van der Waals surface area contributed by atoms with Crippen LogP contribution in [0.5, 0.6) is 5.75 Å². The van der Waals surface area contributed by atoms with Crippen LogP contribution in [0, 0.1) is 6.92 Å². The van der Waals surface area contributed by atoms with Crippen LogP contribution in [0.2, 0.25) is 10.0 Å². The van der Waals surface area contributed by atoms with E-state index >= 15 is 0 Å². The fourth-order valence-electron chi connectivity index (χ4n) is 4.48. The normalized spacial score (nSPS) is 12.0. The number of carbonyl (C=O) groups excluding carboxylic acids is 2. The van der Waals surface area contributed by atoms with Gasteiger partial charge < -0.3 is 15.0 Å². The minimum atomic E-state index is -3.94. The number of carbonyl (C=O) groups is 2. The summed E-state index contributed by atoms with van der Waals surface area (Å²) >= 11 is 12.4. The molecule has 0 aliphatic rings. The van der Waals surface area contributed by atoms with Gasteiger partial charge in [-0.1, -0.05) is 79.0 Å². The van der Waals surface area contributed by atoms with E-state index in [0.29, 0.717) is 27.9 Å². The number of sulfonamides is 1. The highest BCUT2D eigenvalue weighted by atomic mass is 35.5. The van der Waals surface area contributed by atoms with Crippen molar-refractivity contribution in [3.8, 4) is 5.75 Å². The Labute approximate surface area is 258 Å². The molecule has 0 fully saturated rings. The van der Waals surface area contributed by atoms with Crippen LogP contribution in [0.1, 0.15) is 36.5 Å². The second kappa shape index (κ2) is 15.3. The van der Waals surface area contributed by atoms with Crippen LogP contribution in [0.15, 0.2) is 66.7 Å². The summed E-state index contributed by atoms with van der Waals surface area (Å²) in [5, 5.41) is 3.61. The van der Waals surface area contributed by atoms with Crippen LogP contribution in [0.25, 0.3) is 0 Å². The lowest BCUT2D eigenvalue weighted by Gasteiger charge is -2.34. The molecular weight excluding hydrogens is 597 g/mol. The van der Waals surface area contributed by atoms with Gasteiger partial charge in [0.25, 0.3) is 0 Å². The third kappa shape index (κ3) is 9.11. The molecule has 42 heavy (non-hydrogen) atoms. The van der Waals surface area contributed by atoms with E-state index in [4.69, 9.17) is 27.9 Å². The van der Waals surface area contributed by atoms with Gasteiger partial charge in [0.2, 0.25) is 21.8 Å². The van der Waals surface area contributed by atoms with Crippen molar-refractivity contribution >= 4 is 50.7 Å². The van der Waals surface area contributed by atoms with Gasteiger partial charge in [0.15, 0.2) is 0 Å². The lowest BCUT2D eigenvalue weighted by Crippen LogP contribution is -2.53. The first kappa shape index (κ1) is 33.2. The predicted molar refractivity (Wildman–Crippen MR) is 169 cm³/mol. The third-order valence-corrected chi connectivity index (χ3v) is 8.59. The molecule has 3 aromatic rings. The van der Waals surface area contributed by atoms with Gasteiger partial charge in [0, 0.05) is 19.5 Å². The van der Waals surface area contributed by atoms with Gasteiger partial charge in [-0.05, 0) is 54.3 Å². The van der Waals surface area contributed by atoms with Gasteiger partial charge in [-0.25, -0.2) is 8.42 Å². The lowest BCUT2D eigenvalue weighted by atomic mass is 10.0. The fourth-order valence-corrected chi connectivity index (χ4v) is 5.65. The molecular formula is C31H37Cl2N3O5S. The molecule has 0 aliphatic heterocycles. The highest BCUT2D eigenvalue weighted by molar-refractivity contribution is 7.92. The smallest absolute Gasteiger partial charge is 0.244 e. The molecule has 2 amide bonds. The SMILES string of the molecule is CCCCNC(=O)C(Cc1ccccc1)N(Cc1ccc(Cl)c(Cl)c1)C(=O)CN(c1cc(C)ccc1OC)S(C)(=O)=O. The molecule has 8 nitrogen and oxygen atoms in total. The van der Waals surface area contributed by atoms with Gasteiger partial charge in [0.1, 0.15) is 18.3 Å². The number of unbranched alkanes of at least 4 members (excludes halogenated alkanes) is 1. The predicted octanol–water partition coefficient (Wildman–Crippen LogP) is 5.63. The van der Waals surface area contributed by atoms with Gasteiger partial charge in [0.05, 0.1) is 29.1 Å². The van der Waals surface area contributed by atoms with Crippen molar-refractivity contribution in [3.63, 3.8) is 0 Å². The van der Waals surface area contributed by atoms with Crippen molar-refractivity contribution < 1.29 is 22.7 Å². The summed E-state index contributed by atoms with van der Waals surface area (Å²) in [5.41, 5.74) is 2.50. The monoisotopic (exact) mass is 633 g/mol. The fraction of sp³-hybridized carbons (Fsp3) is 0.355. The molecule has 0 aromatic heterocycles. The van der Waals surface area contributed by atoms with Crippen LogP contribution in [0.3, 0.4) is 0 Å². The summed E-state index contributed by atoms with van der Waals surface area (Å²) in [5.74, 6) is -0.602. The molecule has 0 radical (unpaired) electrons. The maximum atomic E-state index is 14.2. The number of hydrogen-bond acceptors (Lipinski definition) is 5. The Morgan fingerprint density at radius 1 is 0.976 bits per heavy atom. The molecule has 3 rings (SSSR count). The topological polar surface area (TPSA) is 96.0 Å². The molecule has 0 saturated carbocycles. The Kier molecular flexibility index (Phi) is 12.1. The molecule has 1 N–H and O–H groups in total. The Balaban J connectivity index is 2.10. The zero-order chi connectivity index (χ0) is 30.9. The zero-order valence-electron chi connectivity index (χ0n) is 24.3. The van der Waals surface area contributed by atoms with E-state index in [2.05, 4.69) is 5.32 Å². The van der Waals surface area contributed by atoms with Gasteiger partial charge >= 0.3 is 0 Å². The molecule has 226 valence electrons. The number of nitrogens with zero attached hydrogens (tertiary/aromatic N) is 2. The van der Waals surface area contributed by atoms with Crippen LogP contribution in [0.4, 0.5) is 5.69 Å². The second-order valence-electron chi connectivity index (χ2n) is 10.1. The molecule has 11 heteroatoms. The lowest BCUT2D eigenvalue weighted by molar-refractivity contribution is -0.140. The van der Waals surface area contributed by atoms with E-state index in [0.717, 1.165) is 34.5 Å². The Bertz CT molecular complexity index is 1490. The summed E-state index contributed by atoms with van der Waals surface area (Å²) in [6, 6.07) is 18.5. The zero-order valence-corrected chi connectivity index (χ0v) is 26.6. The summed E-state index contributed by atoms with van der Waals surface area (Å²) < 4.78 is 32.6. The standard InChI is InChI=1S/C31H37Cl2N3O5S/c1-5-6-16-34-31(38)28(19-23-10-8-7-9-11-23)35(20-24-13-14-25(32)26(33)18-24)30(37)21-36(42(4,39)40)27-17-22(2)12-15-29(27)41-3/h7-15,17-18,28H,5-6,16,19-21H2,1-4H3,(H,34,38). The van der Waals surface area contributed by atoms with E-state index in [9.17, 15) is 18.0 Å². The maximum absolute atomic E-state index is 14.2. The molecule has 0 saturated heterocycles. The van der Waals surface area contributed by atoms with Crippen LogP contribution in [-0.4, -0.2) is 57.6 Å². The van der Waals surface area contributed by atoms with E-state index < -0.39 is 28.5 Å². The highest BCUT2D eigenvalue weighted by Crippen LogP contribution is 2.31. The highest BCUT2D eigenvalue weighted by Gasteiger charge is 2.33. The molecule has 1 unspecified atom stereocenters. The van der Waals surface area contributed by atoms with Crippen molar-refractivity contribution in [1.29, 1.82) is 0 Å². The molecule has 0 spiro atoms. The first-order valence-electron chi connectivity index (χ1n) is 13.6. The van der Waals surface area contributed by atoms with Crippen molar-refractivity contribution in [2.45, 2.75) is 45.7 Å². The average Bonchev–Trinajstić information content (AvgIpc) is 2.95. The summed E-state index contributed by atoms with van der Waals surface area (Å²) in [4.78, 5) is 29.3. The van der Waals surface area contributed by atoms with E-state index in [1.807, 2.05) is 44.2 Å². The van der Waals surface area contributed by atoms with Gasteiger partial charge in [-0.3, -0.25) is 13.9 Å². The maximum Gasteiger partial charge on any atom is 0.244 e. The largest absolute Gasteiger partial charge is 0.495 e. The van der Waals surface area contributed by atoms with Crippen LogP contribution < -0.4 is 14.4 Å². The first-order chi connectivity index (χ1) is 19.9. The van der Waals surface area contributed by atoms with Crippen LogP contribution >= 0.6 is 23.2 Å². The number of hydrogen-bond donors (Lipinski definition) is 1.